The molecular weight excluding hydrogens is 234 g/mol. The number of aromatic nitrogens is 4. The van der Waals surface area contributed by atoms with Crippen molar-refractivity contribution >= 4 is 23.6 Å². The zero-order valence-corrected chi connectivity index (χ0v) is 9.40. The fourth-order valence-corrected chi connectivity index (χ4v) is 1.63. The minimum atomic E-state index is -1.00. The summed E-state index contributed by atoms with van der Waals surface area (Å²) in [5.74, 6) is -0.527. The molecule has 0 saturated heterocycles. The van der Waals surface area contributed by atoms with Gasteiger partial charge in [0.05, 0.1) is 0 Å². The molecule has 8 nitrogen and oxygen atoms in total. The van der Waals surface area contributed by atoms with Gasteiger partial charge in [-0.25, -0.2) is 4.68 Å². The molecule has 0 radical (unpaired) electrons. The van der Waals surface area contributed by atoms with Gasteiger partial charge in [0.2, 0.25) is 11.1 Å². The van der Waals surface area contributed by atoms with Crippen LogP contribution in [0.3, 0.4) is 0 Å². The third-order valence-electron chi connectivity index (χ3n) is 1.49. The second kappa shape index (κ2) is 6.05. The first-order chi connectivity index (χ1) is 7.59. The summed E-state index contributed by atoms with van der Waals surface area (Å²) in [6.07, 6.45) is 0. The largest absolute Gasteiger partial charge is 0.480 e. The molecule has 0 fully saturated rings. The minimum Gasteiger partial charge on any atom is -0.480 e. The number of tetrazole rings is 1. The Kier molecular flexibility index (Phi) is 4.70. The SMILES string of the molecule is CC(=O)NCCSc1nnnn1CC(=O)O. The van der Waals surface area contributed by atoms with Crippen molar-refractivity contribution in [3.63, 3.8) is 0 Å². The van der Waals surface area contributed by atoms with Gasteiger partial charge >= 0.3 is 5.97 Å². The van der Waals surface area contributed by atoms with Crippen molar-refractivity contribution in [3.05, 3.63) is 0 Å². The summed E-state index contributed by atoms with van der Waals surface area (Å²) in [5, 5.41) is 22.2. The highest BCUT2D eigenvalue weighted by Crippen LogP contribution is 2.11. The smallest absolute Gasteiger partial charge is 0.325 e. The summed E-state index contributed by atoms with van der Waals surface area (Å²) in [7, 11) is 0. The van der Waals surface area contributed by atoms with E-state index in [1.807, 2.05) is 0 Å². The number of thioether (sulfide) groups is 1. The molecule has 1 aromatic heterocycles. The average Bonchev–Trinajstić information content (AvgIpc) is 2.59. The van der Waals surface area contributed by atoms with Gasteiger partial charge in [0.15, 0.2) is 0 Å². The van der Waals surface area contributed by atoms with Crippen LogP contribution in [0, 0.1) is 0 Å². The van der Waals surface area contributed by atoms with Gasteiger partial charge < -0.3 is 10.4 Å². The Hall–Kier alpha value is -1.64. The lowest BCUT2D eigenvalue weighted by Crippen LogP contribution is -2.22. The quantitative estimate of drug-likeness (QED) is 0.488. The molecule has 0 saturated carbocycles. The zero-order chi connectivity index (χ0) is 12.0. The van der Waals surface area contributed by atoms with Crippen LogP contribution in [-0.4, -0.2) is 49.5 Å². The Morgan fingerprint density at radius 3 is 2.94 bits per heavy atom. The molecule has 88 valence electrons. The topological polar surface area (TPSA) is 110 Å². The number of rotatable bonds is 6. The van der Waals surface area contributed by atoms with Crippen molar-refractivity contribution in [2.45, 2.75) is 18.6 Å². The molecule has 1 aromatic rings. The van der Waals surface area contributed by atoms with Gasteiger partial charge in [-0.2, -0.15) is 0 Å². The third kappa shape index (κ3) is 4.26. The van der Waals surface area contributed by atoms with E-state index >= 15 is 0 Å². The number of nitrogens with zero attached hydrogens (tertiary/aromatic N) is 4. The van der Waals surface area contributed by atoms with Crippen LogP contribution in [0.1, 0.15) is 6.92 Å². The molecule has 0 unspecified atom stereocenters. The van der Waals surface area contributed by atoms with Crippen molar-refractivity contribution in [1.82, 2.24) is 25.5 Å². The van der Waals surface area contributed by atoms with E-state index < -0.39 is 5.97 Å². The van der Waals surface area contributed by atoms with Gasteiger partial charge in [-0.05, 0) is 10.4 Å². The van der Waals surface area contributed by atoms with Gasteiger partial charge in [-0.3, -0.25) is 9.59 Å². The first-order valence-corrected chi connectivity index (χ1v) is 5.43. The highest BCUT2D eigenvalue weighted by atomic mass is 32.2. The Labute approximate surface area is 95.4 Å². The van der Waals surface area contributed by atoms with Crippen LogP contribution in [0.25, 0.3) is 0 Å². The standard InChI is InChI=1S/C7H11N5O3S/c1-5(13)8-2-3-16-7-9-10-11-12(7)4-6(14)15/h2-4H2,1H3,(H,8,13)(H,14,15). The van der Waals surface area contributed by atoms with Gasteiger partial charge in [-0.1, -0.05) is 11.8 Å². The molecule has 2 N–H and O–H groups in total. The maximum atomic E-state index is 10.6. The van der Waals surface area contributed by atoms with E-state index in [9.17, 15) is 9.59 Å². The number of aliphatic carboxylic acids is 1. The maximum Gasteiger partial charge on any atom is 0.325 e. The Morgan fingerprint density at radius 1 is 1.56 bits per heavy atom. The third-order valence-corrected chi connectivity index (χ3v) is 2.45. The fraction of sp³-hybridized carbons (Fsp3) is 0.571. The van der Waals surface area contributed by atoms with Crippen LogP contribution in [-0.2, 0) is 16.1 Å². The number of carboxylic acids is 1. The summed E-state index contributed by atoms with van der Waals surface area (Å²) >= 11 is 1.29. The highest BCUT2D eigenvalue weighted by molar-refractivity contribution is 7.99. The van der Waals surface area contributed by atoms with Crippen molar-refractivity contribution in [1.29, 1.82) is 0 Å². The lowest BCUT2D eigenvalue weighted by Gasteiger charge is -2.01. The molecule has 9 heteroatoms. The first-order valence-electron chi connectivity index (χ1n) is 4.45. The number of carboxylic acid groups (broad SMARTS) is 1. The molecule has 0 bridgehead atoms. The number of carbonyl (C=O) groups is 2. The molecular formula is C7H11N5O3S. The molecule has 1 amide bonds. The van der Waals surface area contributed by atoms with E-state index in [-0.39, 0.29) is 12.5 Å². The Balaban J connectivity index is 2.38. The normalized spacial score (nSPS) is 10.1. The van der Waals surface area contributed by atoms with Crippen LogP contribution in [0.5, 0.6) is 0 Å². The Morgan fingerprint density at radius 2 is 2.31 bits per heavy atom. The van der Waals surface area contributed by atoms with Crippen molar-refractivity contribution in [3.8, 4) is 0 Å². The van der Waals surface area contributed by atoms with E-state index in [1.165, 1.54) is 23.4 Å². The van der Waals surface area contributed by atoms with E-state index in [0.29, 0.717) is 17.5 Å². The molecule has 1 heterocycles. The predicted molar refractivity (Wildman–Crippen MR) is 54.9 cm³/mol. The van der Waals surface area contributed by atoms with Gasteiger partial charge in [0.25, 0.3) is 0 Å². The number of amides is 1. The average molecular weight is 245 g/mol. The molecule has 0 aliphatic carbocycles. The second-order valence-electron chi connectivity index (χ2n) is 2.84. The molecule has 16 heavy (non-hydrogen) atoms. The van der Waals surface area contributed by atoms with Gasteiger partial charge in [0, 0.05) is 19.2 Å². The predicted octanol–water partition coefficient (Wildman–Crippen LogP) is -1.01. The lowest BCUT2D eigenvalue weighted by atomic mass is 10.6. The van der Waals surface area contributed by atoms with Crippen LogP contribution in [0.4, 0.5) is 0 Å². The van der Waals surface area contributed by atoms with Crippen LogP contribution in [0.2, 0.25) is 0 Å². The summed E-state index contributed by atoms with van der Waals surface area (Å²) in [4.78, 5) is 21.0. The molecule has 0 aliphatic heterocycles. The summed E-state index contributed by atoms with van der Waals surface area (Å²) < 4.78 is 1.20. The Bertz CT molecular complexity index is 380. The highest BCUT2D eigenvalue weighted by Gasteiger charge is 2.09. The summed E-state index contributed by atoms with van der Waals surface area (Å²) in [6, 6.07) is 0. The number of nitrogens with one attached hydrogen (secondary N) is 1. The molecule has 0 spiro atoms. The van der Waals surface area contributed by atoms with Crippen molar-refractivity contribution in [2.24, 2.45) is 0 Å². The maximum absolute atomic E-state index is 10.6. The number of carbonyl (C=O) groups excluding carboxylic acids is 1. The monoisotopic (exact) mass is 245 g/mol. The van der Waals surface area contributed by atoms with Gasteiger partial charge in [0.1, 0.15) is 6.54 Å². The summed E-state index contributed by atoms with van der Waals surface area (Å²) in [6.45, 7) is 1.65. The second-order valence-corrected chi connectivity index (χ2v) is 3.91. The lowest BCUT2D eigenvalue weighted by molar-refractivity contribution is -0.138. The first kappa shape index (κ1) is 12.4. The number of hydrogen-bond donors (Lipinski definition) is 2. The fourth-order valence-electron chi connectivity index (χ4n) is 0.897. The van der Waals surface area contributed by atoms with Crippen LogP contribution in [0.15, 0.2) is 5.16 Å². The molecule has 0 atom stereocenters. The van der Waals surface area contributed by atoms with E-state index in [0.717, 1.165) is 0 Å². The van der Waals surface area contributed by atoms with E-state index in [1.54, 1.807) is 0 Å². The molecule has 1 rings (SSSR count). The van der Waals surface area contributed by atoms with Crippen molar-refractivity contribution < 1.29 is 14.7 Å². The summed E-state index contributed by atoms with van der Waals surface area (Å²) in [5.41, 5.74) is 0. The molecule has 0 aromatic carbocycles. The van der Waals surface area contributed by atoms with Crippen molar-refractivity contribution in [2.75, 3.05) is 12.3 Å². The minimum absolute atomic E-state index is 0.106. The zero-order valence-electron chi connectivity index (χ0n) is 8.58. The van der Waals surface area contributed by atoms with E-state index in [4.69, 9.17) is 5.11 Å². The van der Waals surface area contributed by atoms with E-state index in [2.05, 4.69) is 20.8 Å². The molecule has 0 aliphatic rings. The van der Waals surface area contributed by atoms with Crippen LogP contribution >= 0.6 is 11.8 Å². The number of hydrogen-bond acceptors (Lipinski definition) is 6. The van der Waals surface area contributed by atoms with Crippen LogP contribution < -0.4 is 5.32 Å². The van der Waals surface area contributed by atoms with Gasteiger partial charge in [-0.15, -0.1) is 5.10 Å².